The fourth-order valence-electron chi connectivity index (χ4n) is 3.97. The Morgan fingerprint density at radius 3 is 2.43 bits per heavy atom. The summed E-state index contributed by atoms with van der Waals surface area (Å²) in [6.45, 7) is 9.37. The van der Waals surface area contributed by atoms with Crippen molar-refractivity contribution in [2.45, 2.75) is 46.6 Å². The van der Waals surface area contributed by atoms with Crippen LogP contribution >= 0.6 is 11.3 Å². The third kappa shape index (κ3) is 4.39. The van der Waals surface area contributed by atoms with Crippen LogP contribution in [0.25, 0.3) is 0 Å². The van der Waals surface area contributed by atoms with Gasteiger partial charge in [0.2, 0.25) is 5.78 Å². The molecule has 8 nitrogen and oxygen atoms in total. The molecular formula is C26H26N2O6S. The van der Waals surface area contributed by atoms with Crippen LogP contribution in [0.3, 0.4) is 0 Å². The van der Waals surface area contributed by atoms with Crippen molar-refractivity contribution in [2.75, 3.05) is 11.5 Å². The van der Waals surface area contributed by atoms with E-state index in [2.05, 4.69) is 18.8 Å². The van der Waals surface area contributed by atoms with E-state index in [9.17, 15) is 19.5 Å². The number of amides is 1. The number of rotatable bonds is 7. The molecule has 1 atom stereocenters. The molecular weight excluding hydrogens is 468 g/mol. The highest BCUT2D eigenvalue weighted by Crippen LogP contribution is 2.44. The second kappa shape index (κ2) is 9.50. The lowest BCUT2D eigenvalue weighted by atomic mass is 9.93. The SMILES string of the molecule is CCOC(=O)c1sc(N2C(=O)C(O)=C(C(=O)c3ccc(C)o3)[C@@H]2c2ccc(C(C)C)cc2)nc1C. The van der Waals surface area contributed by atoms with E-state index >= 15 is 0 Å². The molecule has 0 saturated carbocycles. The van der Waals surface area contributed by atoms with Crippen LogP contribution in [0.4, 0.5) is 5.13 Å². The van der Waals surface area contributed by atoms with Gasteiger partial charge in [-0.2, -0.15) is 0 Å². The molecule has 0 bridgehead atoms. The molecule has 2 aromatic heterocycles. The molecule has 4 rings (SSSR count). The maximum absolute atomic E-state index is 13.4. The minimum absolute atomic E-state index is 0.0185. The number of thiazole rings is 1. The summed E-state index contributed by atoms with van der Waals surface area (Å²) in [5, 5.41) is 11.1. The van der Waals surface area contributed by atoms with Crippen LogP contribution in [-0.4, -0.2) is 34.4 Å². The van der Waals surface area contributed by atoms with Gasteiger partial charge in [-0.1, -0.05) is 49.4 Å². The Kier molecular flexibility index (Phi) is 6.62. The summed E-state index contributed by atoms with van der Waals surface area (Å²) in [5.74, 6) is -1.75. The molecule has 0 radical (unpaired) electrons. The standard InChI is InChI=1S/C26H26N2O6S/c1-6-33-25(32)23-15(5)27-26(35-23)28-20(17-10-8-16(9-11-17)13(2)3)19(22(30)24(28)31)21(29)18-12-7-14(4)34-18/h7-13,20,30H,6H2,1-5H3/t20-/m0/s1. The third-order valence-corrected chi connectivity index (χ3v) is 6.92. The number of hydrogen-bond acceptors (Lipinski definition) is 8. The zero-order valence-electron chi connectivity index (χ0n) is 20.1. The Bertz CT molecular complexity index is 1330. The highest BCUT2D eigenvalue weighted by atomic mass is 32.1. The van der Waals surface area contributed by atoms with Gasteiger partial charge in [0.15, 0.2) is 16.7 Å². The number of ether oxygens (including phenoxy) is 1. The van der Waals surface area contributed by atoms with Crippen LogP contribution < -0.4 is 4.90 Å². The van der Waals surface area contributed by atoms with Gasteiger partial charge in [0.25, 0.3) is 5.91 Å². The number of aryl methyl sites for hydroxylation is 2. The number of aromatic nitrogens is 1. The van der Waals surface area contributed by atoms with Crippen molar-refractivity contribution >= 4 is 34.1 Å². The summed E-state index contributed by atoms with van der Waals surface area (Å²) in [4.78, 5) is 45.1. The number of Topliss-reactive ketones (excluding diaryl/α,β-unsaturated/α-hetero) is 1. The van der Waals surface area contributed by atoms with Crippen molar-refractivity contribution in [3.63, 3.8) is 0 Å². The summed E-state index contributed by atoms with van der Waals surface area (Å²) in [6.07, 6.45) is 0. The van der Waals surface area contributed by atoms with Crippen LogP contribution in [0.1, 0.15) is 75.5 Å². The topological polar surface area (TPSA) is 110 Å². The van der Waals surface area contributed by atoms with Crippen LogP contribution in [-0.2, 0) is 9.53 Å². The lowest BCUT2D eigenvalue weighted by molar-refractivity contribution is -0.117. The minimum Gasteiger partial charge on any atom is -0.503 e. The summed E-state index contributed by atoms with van der Waals surface area (Å²) < 4.78 is 10.6. The van der Waals surface area contributed by atoms with Gasteiger partial charge in [-0.15, -0.1) is 0 Å². The van der Waals surface area contributed by atoms with Gasteiger partial charge < -0.3 is 14.3 Å². The van der Waals surface area contributed by atoms with Gasteiger partial charge >= 0.3 is 5.97 Å². The predicted molar refractivity (Wildman–Crippen MR) is 131 cm³/mol. The van der Waals surface area contributed by atoms with Crippen LogP contribution in [0.2, 0.25) is 0 Å². The van der Waals surface area contributed by atoms with E-state index in [0.717, 1.165) is 16.9 Å². The quantitative estimate of drug-likeness (QED) is 0.344. The molecule has 0 unspecified atom stereocenters. The van der Waals surface area contributed by atoms with E-state index in [-0.39, 0.29) is 33.9 Å². The number of carbonyl (C=O) groups excluding carboxylic acids is 3. The lowest BCUT2D eigenvalue weighted by Gasteiger charge is -2.24. The molecule has 3 heterocycles. The van der Waals surface area contributed by atoms with Crippen molar-refractivity contribution in [3.05, 3.63) is 80.9 Å². The molecule has 182 valence electrons. The Balaban J connectivity index is 1.85. The first-order valence-electron chi connectivity index (χ1n) is 11.3. The van der Waals surface area contributed by atoms with Crippen molar-refractivity contribution in [1.82, 2.24) is 4.98 Å². The van der Waals surface area contributed by atoms with E-state index in [1.54, 1.807) is 26.8 Å². The first-order chi connectivity index (χ1) is 16.6. The Morgan fingerprint density at radius 2 is 1.86 bits per heavy atom. The average molecular weight is 495 g/mol. The first kappa shape index (κ1) is 24.4. The molecule has 0 aliphatic carbocycles. The number of hydrogen-bond donors (Lipinski definition) is 1. The summed E-state index contributed by atoms with van der Waals surface area (Å²) in [5.41, 5.74) is 1.99. The smallest absolute Gasteiger partial charge is 0.350 e. The third-order valence-electron chi connectivity index (χ3n) is 5.79. The molecule has 0 fully saturated rings. The highest BCUT2D eigenvalue weighted by Gasteiger charge is 2.46. The number of anilines is 1. The van der Waals surface area contributed by atoms with Gasteiger partial charge in [-0.05, 0) is 49.9 Å². The second-order valence-corrected chi connectivity index (χ2v) is 9.51. The van der Waals surface area contributed by atoms with E-state index in [4.69, 9.17) is 9.15 Å². The maximum atomic E-state index is 13.4. The number of aliphatic hydroxyl groups excluding tert-OH is 1. The molecule has 35 heavy (non-hydrogen) atoms. The number of carbonyl (C=O) groups is 3. The lowest BCUT2D eigenvalue weighted by Crippen LogP contribution is -2.31. The molecule has 3 aromatic rings. The number of benzene rings is 1. The van der Waals surface area contributed by atoms with E-state index in [0.29, 0.717) is 17.0 Å². The molecule has 1 aromatic carbocycles. The molecule has 1 aliphatic heterocycles. The highest BCUT2D eigenvalue weighted by molar-refractivity contribution is 7.17. The Labute approximate surface area is 206 Å². The van der Waals surface area contributed by atoms with Gasteiger partial charge in [0.1, 0.15) is 10.6 Å². The molecule has 1 amide bonds. The zero-order chi connectivity index (χ0) is 25.4. The summed E-state index contributed by atoms with van der Waals surface area (Å²) in [7, 11) is 0. The fourth-order valence-corrected chi connectivity index (χ4v) is 4.96. The normalized spacial score (nSPS) is 15.9. The van der Waals surface area contributed by atoms with E-state index in [1.165, 1.54) is 11.0 Å². The van der Waals surface area contributed by atoms with Gasteiger partial charge in [-0.25, -0.2) is 9.78 Å². The van der Waals surface area contributed by atoms with E-state index in [1.807, 2.05) is 24.3 Å². The van der Waals surface area contributed by atoms with Crippen molar-refractivity contribution < 1.29 is 28.6 Å². The molecule has 1 N–H and O–H groups in total. The van der Waals surface area contributed by atoms with Crippen LogP contribution in [0, 0.1) is 13.8 Å². The zero-order valence-corrected chi connectivity index (χ0v) is 20.9. The Hall–Kier alpha value is -3.72. The molecule has 1 aliphatic rings. The molecule has 0 spiro atoms. The molecule has 9 heteroatoms. The first-order valence-corrected chi connectivity index (χ1v) is 12.1. The van der Waals surface area contributed by atoms with Crippen molar-refractivity contribution in [1.29, 1.82) is 0 Å². The fraction of sp³-hybridized carbons (Fsp3) is 0.308. The maximum Gasteiger partial charge on any atom is 0.350 e. The minimum atomic E-state index is -0.956. The predicted octanol–water partition coefficient (Wildman–Crippen LogP) is 5.44. The Morgan fingerprint density at radius 1 is 1.17 bits per heavy atom. The number of ketones is 1. The molecule has 0 saturated heterocycles. The van der Waals surface area contributed by atoms with Gasteiger partial charge in [-0.3, -0.25) is 14.5 Å². The largest absolute Gasteiger partial charge is 0.503 e. The number of furan rings is 1. The van der Waals surface area contributed by atoms with Gasteiger partial charge in [0, 0.05) is 0 Å². The average Bonchev–Trinajstić information content (AvgIpc) is 3.50. The monoisotopic (exact) mass is 494 g/mol. The number of esters is 1. The second-order valence-electron chi connectivity index (χ2n) is 8.53. The van der Waals surface area contributed by atoms with Crippen LogP contribution in [0.15, 0.2) is 52.1 Å². The van der Waals surface area contributed by atoms with Crippen LogP contribution in [0.5, 0.6) is 0 Å². The summed E-state index contributed by atoms with van der Waals surface area (Å²) in [6, 6.07) is 9.70. The van der Waals surface area contributed by atoms with Gasteiger partial charge in [0.05, 0.1) is 23.9 Å². The van der Waals surface area contributed by atoms with Crippen molar-refractivity contribution in [3.8, 4) is 0 Å². The van der Waals surface area contributed by atoms with Crippen molar-refractivity contribution in [2.24, 2.45) is 0 Å². The number of aliphatic hydroxyl groups is 1. The summed E-state index contributed by atoms with van der Waals surface area (Å²) >= 11 is 0.978. The van der Waals surface area contributed by atoms with E-state index < -0.39 is 29.5 Å². The number of nitrogens with zero attached hydrogens (tertiary/aromatic N) is 2.